The van der Waals surface area contributed by atoms with E-state index in [1.807, 2.05) is 0 Å². The zero-order chi connectivity index (χ0) is 13.1. The summed E-state index contributed by atoms with van der Waals surface area (Å²) in [7, 11) is 1.28. The number of esters is 1. The molecule has 3 N–H and O–H groups in total. The van der Waals surface area contributed by atoms with Crippen LogP contribution in [-0.2, 0) is 22.5 Å². The minimum atomic E-state index is -0.689. The highest BCUT2D eigenvalue weighted by molar-refractivity contribution is 5.96. The van der Waals surface area contributed by atoms with E-state index in [0.717, 1.165) is 24.2 Å². The molecule has 0 spiro atoms. The minimum absolute atomic E-state index is 0.341. The average molecular weight is 252 g/mol. The number of fused-ring (bicyclic) bond motifs is 1. The molecular formula is C11H16N4O3. The first-order valence-corrected chi connectivity index (χ1v) is 5.79. The molecule has 1 aromatic rings. The van der Waals surface area contributed by atoms with Gasteiger partial charge in [0.1, 0.15) is 6.04 Å². The number of nitrogens with zero attached hydrogens (tertiary/aromatic N) is 1. The Morgan fingerprint density at radius 3 is 3.00 bits per heavy atom. The molecule has 7 nitrogen and oxygen atoms in total. The van der Waals surface area contributed by atoms with Crippen LogP contribution in [0.5, 0.6) is 0 Å². The summed E-state index contributed by atoms with van der Waals surface area (Å²) in [6, 6.07) is -0.689. The molecule has 0 radical (unpaired) electrons. The first-order chi connectivity index (χ1) is 8.63. The second-order valence-electron chi connectivity index (χ2n) is 4.17. The predicted octanol–water partition coefficient (Wildman–Crippen LogP) is -0.653. The van der Waals surface area contributed by atoms with Gasteiger partial charge in [0.25, 0.3) is 5.91 Å². The Bertz CT molecular complexity index is 469. The summed E-state index contributed by atoms with van der Waals surface area (Å²) in [4.78, 5) is 23.2. The van der Waals surface area contributed by atoms with Crippen LogP contribution in [0.2, 0.25) is 0 Å². The number of hydrogen-bond acceptors (Lipinski definition) is 5. The molecule has 2 rings (SSSR count). The van der Waals surface area contributed by atoms with Crippen molar-refractivity contribution in [2.45, 2.75) is 25.9 Å². The predicted molar refractivity (Wildman–Crippen MR) is 62.9 cm³/mol. The summed E-state index contributed by atoms with van der Waals surface area (Å²) < 4.78 is 4.55. The van der Waals surface area contributed by atoms with Gasteiger partial charge in [0.05, 0.1) is 7.11 Å². The lowest BCUT2D eigenvalue weighted by molar-refractivity contribution is -0.142. The van der Waals surface area contributed by atoms with E-state index in [4.69, 9.17) is 0 Å². The lowest BCUT2D eigenvalue weighted by atomic mass is 10.1. The zero-order valence-corrected chi connectivity index (χ0v) is 10.4. The Morgan fingerprint density at radius 1 is 1.50 bits per heavy atom. The summed E-state index contributed by atoms with van der Waals surface area (Å²) in [5.41, 5.74) is 2.19. The Morgan fingerprint density at radius 2 is 2.28 bits per heavy atom. The van der Waals surface area contributed by atoms with Crippen molar-refractivity contribution in [3.8, 4) is 0 Å². The van der Waals surface area contributed by atoms with Crippen LogP contribution in [0.1, 0.15) is 28.7 Å². The number of nitrogens with one attached hydrogen (secondary N) is 3. The second kappa shape index (κ2) is 5.18. The quantitative estimate of drug-likeness (QED) is 0.621. The molecule has 0 aromatic carbocycles. The van der Waals surface area contributed by atoms with Gasteiger partial charge in [-0.05, 0) is 6.92 Å². The fourth-order valence-electron chi connectivity index (χ4n) is 1.91. The van der Waals surface area contributed by atoms with Gasteiger partial charge in [0.2, 0.25) is 0 Å². The van der Waals surface area contributed by atoms with Crippen molar-refractivity contribution in [1.29, 1.82) is 0 Å². The van der Waals surface area contributed by atoms with Crippen molar-refractivity contribution < 1.29 is 14.3 Å². The third-order valence-electron chi connectivity index (χ3n) is 2.92. The van der Waals surface area contributed by atoms with E-state index >= 15 is 0 Å². The summed E-state index contributed by atoms with van der Waals surface area (Å²) in [5.74, 6) is -0.847. The maximum Gasteiger partial charge on any atom is 0.328 e. The SMILES string of the molecule is COC(=O)[C@@H](C)NC(=O)c1n[nH]c2c1CNCC2. The summed E-state index contributed by atoms with van der Waals surface area (Å²) in [6.45, 7) is 3.05. The maximum atomic E-state index is 12.0. The third-order valence-corrected chi connectivity index (χ3v) is 2.92. The number of amides is 1. The molecule has 1 aliphatic heterocycles. The standard InChI is InChI=1S/C11H16N4O3/c1-6(11(17)18-2)13-10(16)9-7-5-12-4-3-8(7)14-15-9/h6,12H,3-5H2,1-2H3,(H,13,16)(H,14,15)/t6-/m1/s1. The Balaban J connectivity index is 2.10. The van der Waals surface area contributed by atoms with Crippen molar-refractivity contribution in [1.82, 2.24) is 20.8 Å². The fourth-order valence-corrected chi connectivity index (χ4v) is 1.91. The molecule has 0 bridgehead atoms. The maximum absolute atomic E-state index is 12.0. The molecule has 7 heteroatoms. The van der Waals surface area contributed by atoms with Crippen LogP contribution in [0.25, 0.3) is 0 Å². The Labute approximate surface area is 104 Å². The van der Waals surface area contributed by atoms with Crippen molar-refractivity contribution in [2.75, 3.05) is 13.7 Å². The van der Waals surface area contributed by atoms with E-state index in [1.54, 1.807) is 6.92 Å². The van der Waals surface area contributed by atoms with Gasteiger partial charge in [-0.1, -0.05) is 0 Å². The van der Waals surface area contributed by atoms with E-state index in [1.165, 1.54) is 7.11 Å². The van der Waals surface area contributed by atoms with Crippen LogP contribution < -0.4 is 10.6 Å². The highest BCUT2D eigenvalue weighted by Gasteiger charge is 2.24. The molecule has 2 heterocycles. The summed E-state index contributed by atoms with van der Waals surface area (Å²) in [5, 5.41) is 12.6. The number of methoxy groups -OCH3 is 1. The van der Waals surface area contributed by atoms with Gasteiger partial charge in [-0.3, -0.25) is 9.89 Å². The van der Waals surface area contributed by atoms with E-state index in [-0.39, 0.29) is 5.91 Å². The highest BCUT2D eigenvalue weighted by atomic mass is 16.5. The van der Waals surface area contributed by atoms with E-state index in [9.17, 15) is 9.59 Å². The fraction of sp³-hybridized carbons (Fsp3) is 0.545. The summed E-state index contributed by atoms with van der Waals surface area (Å²) >= 11 is 0. The molecule has 1 aromatic heterocycles. The number of aromatic amines is 1. The van der Waals surface area contributed by atoms with Gasteiger partial charge in [-0.15, -0.1) is 0 Å². The number of H-pyrrole nitrogens is 1. The van der Waals surface area contributed by atoms with Gasteiger partial charge in [-0.25, -0.2) is 4.79 Å². The number of carbonyl (C=O) groups excluding carboxylic acids is 2. The zero-order valence-electron chi connectivity index (χ0n) is 10.4. The van der Waals surface area contributed by atoms with E-state index < -0.39 is 12.0 Å². The molecule has 0 unspecified atom stereocenters. The lowest BCUT2D eigenvalue weighted by Gasteiger charge is -2.14. The smallest absolute Gasteiger partial charge is 0.328 e. The van der Waals surface area contributed by atoms with Crippen LogP contribution in [0, 0.1) is 0 Å². The van der Waals surface area contributed by atoms with E-state index in [0.29, 0.717) is 12.2 Å². The molecule has 0 saturated heterocycles. The number of ether oxygens (including phenoxy) is 1. The second-order valence-corrected chi connectivity index (χ2v) is 4.17. The number of hydrogen-bond donors (Lipinski definition) is 3. The van der Waals surface area contributed by atoms with Gasteiger partial charge in [-0.2, -0.15) is 5.10 Å². The monoisotopic (exact) mass is 252 g/mol. The number of carbonyl (C=O) groups is 2. The Hall–Kier alpha value is -1.89. The van der Waals surface area contributed by atoms with Crippen molar-refractivity contribution in [2.24, 2.45) is 0 Å². The number of rotatable bonds is 3. The van der Waals surface area contributed by atoms with Crippen LogP contribution >= 0.6 is 0 Å². The average Bonchev–Trinajstić information content (AvgIpc) is 2.81. The van der Waals surface area contributed by atoms with Crippen LogP contribution in [0.15, 0.2) is 0 Å². The third kappa shape index (κ3) is 2.35. The lowest BCUT2D eigenvalue weighted by Crippen LogP contribution is -2.40. The largest absolute Gasteiger partial charge is 0.467 e. The highest BCUT2D eigenvalue weighted by Crippen LogP contribution is 2.15. The van der Waals surface area contributed by atoms with Gasteiger partial charge >= 0.3 is 5.97 Å². The molecule has 98 valence electrons. The molecule has 0 saturated carbocycles. The van der Waals surface area contributed by atoms with Crippen LogP contribution in [0.3, 0.4) is 0 Å². The van der Waals surface area contributed by atoms with Gasteiger partial charge in [0, 0.05) is 30.8 Å². The molecule has 0 aliphatic carbocycles. The summed E-state index contributed by atoms with van der Waals surface area (Å²) in [6.07, 6.45) is 0.822. The Kier molecular flexibility index (Phi) is 3.61. The molecule has 1 aliphatic rings. The molecule has 1 amide bonds. The van der Waals surface area contributed by atoms with Crippen molar-refractivity contribution in [3.05, 3.63) is 17.0 Å². The first kappa shape index (κ1) is 12.6. The first-order valence-electron chi connectivity index (χ1n) is 5.79. The normalized spacial score (nSPS) is 15.7. The van der Waals surface area contributed by atoms with Gasteiger partial charge < -0.3 is 15.4 Å². The van der Waals surface area contributed by atoms with E-state index in [2.05, 4.69) is 25.6 Å². The minimum Gasteiger partial charge on any atom is -0.467 e. The van der Waals surface area contributed by atoms with Crippen LogP contribution in [0.4, 0.5) is 0 Å². The molecule has 1 atom stereocenters. The topological polar surface area (TPSA) is 96.1 Å². The van der Waals surface area contributed by atoms with Crippen LogP contribution in [-0.4, -0.2) is 41.8 Å². The van der Waals surface area contributed by atoms with Crippen molar-refractivity contribution in [3.63, 3.8) is 0 Å². The molecular weight excluding hydrogens is 236 g/mol. The van der Waals surface area contributed by atoms with Gasteiger partial charge in [0.15, 0.2) is 5.69 Å². The molecule has 0 fully saturated rings. The van der Waals surface area contributed by atoms with Crippen molar-refractivity contribution >= 4 is 11.9 Å². The molecule has 18 heavy (non-hydrogen) atoms. The number of aromatic nitrogens is 2.